The Morgan fingerprint density at radius 2 is 2.26 bits per heavy atom. The highest BCUT2D eigenvalue weighted by molar-refractivity contribution is 6.31. The Hall–Kier alpha value is -1.36. The molecule has 100 valence electrons. The van der Waals surface area contributed by atoms with E-state index in [0.717, 1.165) is 25.1 Å². The first-order chi connectivity index (χ1) is 9.24. The van der Waals surface area contributed by atoms with Gasteiger partial charge in [-0.1, -0.05) is 29.8 Å². The van der Waals surface area contributed by atoms with Crippen molar-refractivity contribution in [2.45, 2.75) is 19.1 Å². The Labute approximate surface area is 117 Å². The molecular weight excluding hydrogens is 262 g/mol. The number of rotatable bonds is 3. The fourth-order valence-electron chi connectivity index (χ4n) is 2.52. The number of hydrogen-bond acceptors (Lipinski definition) is 3. The highest BCUT2D eigenvalue weighted by Crippen LogP contribution is 2.25. The number of benzene rings is 1. The average molecular weight is 278 g/mol. The Morgan fingerprint density at radius 1 is 1.42 bits per heavy atom. The van der Waals surface area contributed by atoms with E-state index in [-0.39, 0.29) is 0 Å². The Bertz CT molecular complexity index is 569. The van der Waals surface area contributed by atoms with E-state index in [9.17, 15) is 5.11 Å². The van der Waals surface area contributed by atoms with Gasteiger partial charge in [0.1, 0.15) is 0 Å². The maximum atomic E-state index is 10.3. The number of aromatic amines is 1. The normalized spacial score (nSPS) is 17.2. The van der Waals surface area contributed by atoms with Crippen LogP contribution in [0.4, 0.5) is 0 Å². The Morgan fingerprint density at radius 3 is 3.11 bits per heavy atom. The van der Waals surface area contributed by atoms with E-state index in [4.69, 9.17) is 11.6 Å². The molecule has 0 saturated heterocycles. The molecule has 2 heterocycles. The monoisotopic (exact) mass is 277 g/mol. The third-order valence-electron chi connectivity index (χ3n) is 3.57. The molecule has 0 saturated carbocycles. The molecule has 1 atom stereocenters. The van der Waals surface area contributed by atoms with Crippen LogP contribution in [0.5, 0.6) is 0 Å². The summed E-state index contributed by atoms with van der Waals surface area (Å²) in [4.78, 5) is 2.23. The molecule has 0 spiro atoms. The van der Waals surface area contributed by atoms with Gasteiger partial charge >= 0.3 is 0 Å². The molecule has 1 aliphatic rings. The number of fused-ring (bicyclic) bond motifs is 1. The SMILES string of the molecule is OC(CN1CCc2[nH]ncc2C1)c1ccccc1Cl. The zero-order valence-corrected chi connectivity index (χ0v) is 11.3. The Balaban J connectivity index is 1.68. The standard InChI is InChI=1S/C14H16ClN3O/c15-12-4-2-1-3-11(12)14(19)9-18-6-5-13-10(8-18)7-16-17-13/h1-4,7,14,19H,5-6,8-9H2,(H,16,17). The number of aliphatic hydroxyl groups excluding tert-OH is 1. The smallest absolute Gasteiger partial charge is 0.0931 e. The first kappa shape index (κ1) is 12.7. The van der Waals surface area contributed by atoms with E-state index in [0.29, 0.717) is 11.6 Å². The van der Waals surface area contributed by atoms with Crippen molar-refractivity contribution >= 4 is 11.6 Å². The molecule has 0 radical (unpaired) electrons. The lowest BCUT2D eigenvalue weighted by molar-refractivity contribution is 0.106. The molecule has 19 heavy (non-hydrogen) atoms. The van der Waals surface area contributed by atoms with Crippen molar-refractivity contribution in [2.75, 3.05) is 13.1 Å². The number of nitrogens with zero attached hydrogens (tertiary/aromatic N) is 2. The second kappa shape index (κ2) is 5.33. The maximum absolute atomic E-state index is 10.3. The highest BCUT2D eigenvalue weighted by atomic mass is 35.5. The molecular formula is C14H16ClN3O. The summed E-state index contributed by atoms with van der Waals surface area (Å²) >= 11 is 6.11. The number of hydrogen-bond donors (Lipinski definition) is 2. The predicted octanol–water partition coefficient (Wildman–Crippen LogP) is 2.15. The van der Waals surface area contributed by atoms with Crippen molar-refractivity contribution in [3.63, 3.8) is 0 Å². The molecule has 5 heteroatoms. The van der Waals surface area contributed by atoms with Gasteiger partial charge in [0.2, 0.25) is 0 Å². The zero-order chi connectivity index (χ0) is 13.2. The summed E-state index contributed by atoms with van der Waals surface area (Å²) in [5.74, 6) is 0. The van der Waals surface area contributed by atoms with Crippen molar-refractivity contribution in [3.8, 4) is 0 Å². The first-order valence-corrected chi connectivity index (χ1v) is 6.78. The molecule has 0 fully saturated rings. The van der Waals surface area contributed by atoms with Crippen molar-refractivity contribution in [1.82, 2.24) is 15.1 Å². The van der Waals surface area contributed by atoms with Crippen LogP contribution >= 0.6 is 11.6 Å². The van der Waals surface area contributed by atoms with Gasteiger partial charge in [-0.3, -0.25) is 10.00 Å². The first-order valence-electron chi connectivity index (χ1n) is 6.40. The van der Waals surface area contributed by atoms with Gasteiger partial charge < -0.3 is 5.11 Å². The summed E-state index contributed by atoms with van der Waals surface area (Å²) in [6.45, 7) is 2.35. The Kier molecular flexibility index (Phi) is 3.55. The van der Waals surface area contributed by atoms with E-state index in [1.807, 2.05) is 30.5 Å². The van der Waals surface area contributed by atoms with Crippen LogP contribution in [0.25, 0.3) is 0 Å². The van der Waals surface area contributed by atoms with Crippen LogP contribution in [0.15, 0.2) is 30.5 Å². The summed E-state index contributed by atoms with van der Waals surface area (Å²) in [5, 5.41) is 18.0. The lowest BCUT2D eigenvalue weighted by Crippen LogP contribution is -2.33. The average Bonchev–Trinajstić information content (AvgIpc) is 2.86. The molecule has 2 N–H and O–H groups in total. The highest BCUT2D eigenvalue weighted by Gasteiger charge is 2.21. The summed E-state index contributed by atoms with van der Waals surface area (Å²) in [6.07, 6.45) is 2.26. The van der Waals surface area contributed by atoms with Crippen LogP contribution in [-0.4, -0.2) is 33.3 Å². The van der Waals surface area contributed by atoms with Gasteiger partial charge in [-0.15, -0.1) is 0 Å². The largest absolute Gasteiger partial charge is 0.387 e. The quantitative estimate of drug-likeness (QED) is 0.904. The van der Waals surface area contributed by atoms with Gasteiger partial charge in [-0.25, -0.2) is 0 Å². The maximum Gasteiger partial charge on any atom is 0.0931 e. The number of nitrogens with one attached hydrogen (secondary N) is 1. The lowest BCUT2D eigenvalue weighted by Gasteiger charge is -2.28. The van der Waals surface area contributed by atoms with Gasteiger partial charge in [-0.05, 0) is 6.07 Å². The summed E-state index contributed by atoms with van der Waals surface area (Å²) < 4.78 is 0. The number of aliphatic hydroxyl groups is 1. The molecule has 1 unspecified atom stereocenters. The molecule has 4 nitrogen and oxygen atoms in total. The van der Waals surface area contributed by atoms with E-state index in [1.54, 1.807) is 0 Å². The minimum Gasteiger partial charge on any atom is -0.387 e. The van der Waals surface area contributed by atoms with Gasteiger partial charge in [0, 0.05) is 47.9 Å². The van der Waals surface area contributed by atoms with Crippen molar-refractivity contribution < 1.29 is 5.11 Å². The van der Waals surface area contributed by atoms with Gasteiger partial charge in [0.25, 0.3) is 0 Å². The second-order valence-corrected chi connectivity index (χ2v) is 5.30. The van der Waals surface area contributed by atoms with E-state index >= 15 is 0 Å². The third kappa shape index (κ3) is 2.66. The number of β-amino-alcohol motifs (C(OH)–C–C–N with tert-alkyl or cyclic N) is 1. The predicted molar refractivity (Wildman–Crippen MR) is 74.0 cm³/mol. The minimum atomic E-state index is -0.554. The number of aromatic nitrogens is 2. The van der Waals surface area contributed by atoms with Crippen LogP contribution in [0.1, 0.15) is 22.9 Å². The van der Waals surface area contributed by atoms with Crippen LogP contribution in [0.2, 0.25) is 5.02 Å². The summed E-state index contributed by atoms with van der Waals surface area (Å²) in [6, 6.07) is 7.46. The third-order valence-corrected chi connectivity index (χ3v) is 3.92. The van der Waals surface area contributed by atoms with E-state index in [1.165, 1.54) is 11.3 Å². The fraction of sp³-hybridized carbons (Fsp3) is 0.357. The molecule has 0 bridgehead atoms. The zero-order valence-electron chi connectivity index (χ0n) is 10.5. The lowest BCUT2D eigenvalue weighted by atomic mass is 10.1. The molecule has 2 aromatic rings. The molecule has 0 amide bonds. The van der Waals surface area contributed by atoms with Crippen molar-refractivity contribution in [1.29, 1.82) is 0 Å². The van der Waals surface area contributed by atoms with Gasteiger partial charge in [0.15, 0.2) is 0 Å². The molecule has 3 rings (SSSR count). The fourth-order valence-corrected chi connectivity index (χ4v) is 2.79. The summed E-state index contributed by atoms with van der Waals surface area (Å²) in [5.41, 5.74) is 3.23. The number of H-pyrrole nitrogens is 1. The molecule has 1 aliphatic heterocycles. The van der Waals surface area contributed by atoms with Crippen LogP contribution in [0, 0.1) is 0 Å². The van der Waals surface area contributed by atoms with Crippen LogP contribution in [-0.2, 0) is 13.0 Å². The van der Waals surface area contributed by atoms with E-state index in [2.05, 4.69) is 15.1 Å². The van der Waals surface area contributed by atoms with E-state index < -0.39 is 6.10 Å². The van der Waals surface area contributed by atoms with Crippen molar-refractivity contribution in [3.05, 3.63) is 52.3 Å². The van der Waals surface area contributed by atoms with Gasteiger partial charge in [0.05, 0.1) is 12.3 Å². The molecule has 1 aromatic heterocycles. The molecule has 1 aromatic carbocycles. The minimum absolute atomic E-state index is 0.554. The topological polar surface area (TPSA) is 52.1 Å². The van der Waals surface area contributed by atoms with Crippen LogP contribution < -0.4 is 0 Å². The summed E-state index contributed by atoms with van der Waals surface area (Å²) in [7, 11) is 0. The second-order valence-electron chi connectivity index (χ2n) is 4.90. The van der Waals surface area contributed by atoms with Crippen LogP contribution in [0.3, 0.4) is 0 Å². The molecule has 0 aliphatic carbocycles. The van der Waals surface area contributed by atoms with Gasteiger partial charge in [-0.2, -0.15) is 5.10 Å². The number of halogens is 1. The van der Waals surface area contributed by atoms with Crippen molar-refractivity contribution in [2.24, 2.45) is 0 Å².